The first-order chi connectivity index (χ1) is 10.5. The molecule has 2 aromatic rings. The van der Waals surface area contributed by atoms with E-state index in [0.717, 1.165) is 5.56 Å². The van der Waals surface area contributed by atoms with Crippen LogP contribution in [0.25, 0.3) is 0 Å². The Bertz CT molecular complexity index is 644. The van der Waals surface area contributed by atoms with E-state index in [9.17, 15) is 9.59 Å². The van der Waals surface area contributed by atoms with Gasteiger partial charge >= 0.3 is 0 Å². The van der Waals surface area contributed by atoms with Crippen LogP contribution in [0.4, 0.5) is 5.69 Å². The molecule has 1 aromatic heterocycles. The zero-order chi connectivity index (χ0) is 15.9. The molecule has 114 valence electrons. The molecule has 2 N–H and O–H groups in total. The van der Waals surface area contributed by atoms with Crippen molar-refractivity contribution in [3.63, 3.8) is 0 Å². The summed E-state index contributed by atoms with van der Waals surface area (Å²) >= 11 is 5.86. The SMILES string of the molecule is CC(=O)NC(CC(=O)Nc1ccncc1)c1ccc(Cl)cc1. The molecule has 0 spiro atoms. The lowest BCUT2D eigenvalue weighted by atomic mass is 10.0. The fourth-order valence-electron chi connectivity index (χ4n) is 2.03. The van der Waals surface area contributed by atoms with E-state index in [0.29, 0.717) is 10.7 Å². The number of aromatic nitrogens is 1. The van der Waals surface area contributed by atoms with Gasteiger partial charge in [-0.1, -0.05) is 23.7 Å². The van der Waals surface area contributed by atoms with E-state index in [4.69, 9.17) is 11.6 Å². The van der Waals surface area contributed by atoms with E-state index >= 15 is 0 Å². The fourth-order valence-corrected chi connectivity index (χ4v) is 2.15. The molecule has 6 heteroatoms. The normalized spacial score (nSPS) is 11.5. The predicted molar refractivity (Wildman–Crippen MR) is 85.5 cm³/mol. The van der Waals surface area contributed by atoms with Gasteiger partial charge in [-0.05, 0) is 29.8 Å². The number of benzene rings is 1. The molecular weight excluding hydrogens is 302 g/mol. The maximum Gasteiger partial charge on any atom is 0.226 e. The number of halogens is 1. The molecular formula is C16H16ClN3O2. The summed E-state index contributed by atoms with van der Waals surface area (Å²) in [4.78, 5) is 27.4. The van der Waals surface area contributed by atoms with Gasteiger partial charge in [0.15, 0.2) is 0 Å². The van der Waals surface area contributed by atoms with Crippen LogP contribution >= 0.6 is 11.6 Å². The van der Waals surface area contributed by atoms with Gasteiger partial charge in [-0.25, -0.2) is 0 Å². The van der Waals surface area contributed by atoms with Crippen molar-refractivity contribution in [1.82, 2.24) is 10.3 Å². The number of hydrogen-bond acceptors (Lipinski definition) is 3. The largest absolute Gasteiger partial charge is 0.349 e. The van der Waals surface area contributed by atoms with E-state index in [1.807, 2.05) is 0 Å². The number of carbonyl (C=O) groups is 2. The number of nitrogens with zero attached hydrogens (tertiary/aromatic N) is 1. The van der Waals surface area contributed by atoms with Crippen molar-refractivity contribution in [2.45, 2.75) is 19.4 Å². The summed E-state index contributed by atoms with van der Waals surface area (Å²) in [6.07, 6.45) is 3.32. The second kappa shape index (κ2) is 7.56. The fraction of sp³-hybridized carbons (Fsp3) is 0.188. The van der Waals surface area contributed by atoms with Gasteiger partial charge in [0.25, 0.3) is 0 Å². The highest BCUT2D eigenvalue weighted by atomic mass is 35.5. The lowest BCUT2D eigenvalue weighted by Gasteiger charge is -2.18. The Hall–Kier alpha value is -2.40. The standard InChI is InChI=1S/C16H16ClN3O2/c1-11(21)19-15(12-2-4-13(17)5-3-12)10-16(22)20-14-6-8-18-9-7-14/h2-9,15H,10H2,1H3,(H,19,21)(H,18,20,22). The van der Waals surface area contributed by atoms with Crippen molar-refractivity contribution in [3.8, 4) is 0 Å². The third kappa shape index (κ3) is 4.86. The summed E-state index contributed by atoms with van der Waals surface area (Å²) in [6, 6.07) is 10.0. The highest BCUT2D eigenvalue weighted by molar-refractivity contribution is 6.30. The number of carbonyl (C=O) groups excluding carboxylic acids is 2. The Kier molecular flexibility index (Phi) is 5.49. The van der Waals surface area contributed by atoms with Gasteiger partial charge in [0.2, 0.25) is 11.8 Å². The Labute approximate surface area is 133 Å². The van der Waals surface area contributed by atoms with Crippen LogP contribution in [0.3, 0.4) is 0 Å². The van der Waals surface area contributed by atoms with Crippen LogP contribution in [0, 0.1) is 0 Å². The molecule has 0 saturated heterocycles. The molecule has 22 heavy (non-hydrogen) atoms. The van der Waals surface area contributed by atoms with Crippen LogP contribution in [-0.4, -0.2) is 16.8 Å². The van der Waals surface area contributed by atoms with Gasteiger partial charge in [-0.3, -0.25) is 14.6 Å². The second-order valence-corrected chi connectivity index (χ2v) is 5.23. The lowest BCUT2D eigenvalue weighted by Crippen LogP contribution is -2.29. The first kappa shape index (κ1) is 16.0. The first-order valence-electron chi connectivity index (χ1n) is 6.77. The van der Waals surface area contributed by atoms with E-state index in [-0.39, 0.29) is 18.2 Å². The molecule has 5 nitrogen and oxygen atoms in total. The Balaban J connectivity index is 2.07. The molecule has 2 amide bonds. The highest BCUT2D eigenvalue weighted by Gasteiger charge is 2.17. The van der Waals surface area contributed by atoms with Crippen LogP contribution < -0.4 is 10.6 Å². The summed E-state index contributed by atoms with van der Waals surface area (Å²) in [6.45, 7) is 1.42. The minimum atomic E-state index is -0.406. The molecule has 1 atom stereocenters. The van der Waals surface area contributed by atoms with Gasteiger partial charge in [-0.2, -0.15) is 0 Å². The monoisotopic (exact) mass is 317 g/mol. The number of hydrogen-bond donors (Lipinski definition) is 2. The van der Waals surface area contributed by atoms with Crippen molar-refractivity contribution in [2.75, 3.05) is 5.32 Å². The molecule has 1 heterocycles. The molecule has 0 saturated carbocycles. The first-order valence-corrected chi connectivity index (χ1v) is 7.15. The third-order valence-corrected chi connectivity index (χ3v) is 3.26. The Morgan fingerprint density at radius 1 is 1.14 bits per heavy atom. The molecule has 0 aliphatic carbocycles. The van der Waals surface area contributed by atoms with Crippen molar-refractivity contribution < 1.29 is 9.59 Å². The minimum Gasteiger partial charge on any atom is -0.349 e. The number of pyridine rings is 1. The van der Waals surface area contributed by atoms with Gasteiger partial charge in [0.05, 0.1) is 12.5 Å². The quantitative estimate of drug-likeness (QED) is 0.890. The summed E-state index contributed by atoms with van der Waals surface area (Å²) < 4.78 is 0. The molecule has 0 bridgehead atoms. The maximum atomic E-state index is 12.1. The zero-order valence-electron chi connectivity index (χ0n) is 12.0. The van der Waals surface area contributed by atoms with Gasteiger partial charge in [0.1, 0.15) is 0 Å². The van der Waals surface area contributed by atoms with Gasteiger partial charge in [-0.15, -0.1) is 0 Å². The van der Waals surface area contributed by atoms with Crippen LogP contribution in [0.2, 0.25) is 5.02 Å². The molecule has 2 rings (SSSR count). The van der Waals surface area contributed by atoms with Crippen molar-refractivity contribution in [3.05, 3.63) is 59.4 Å². The molecule has 0 fully saturated rings. The lowest BCUT2D eigenvalue weighted by molar-refractivity contribution is -0.120. The second-order valence-electron chi connectivity index (χ2n) is 4.79. The molecule has 1 unspecified atom stereocenters. The predicted octanol–water partition coefficient (Wildman–Crippen LogP) is 2.94. The van der Waals surface area contributed by atoms with Gasteiger partial charge < -0.3 is 10.6 Å². The number of nitrogens with one attached hydrogen (secondary N) is 2. The van der Waals surface area contributed by atoms with Gasteiger partial charge in [0, 0.05) is 30.0 Å². The van der Waals surface area contributed by atoms with Crippen LogP contribution in [-0.2, 0) is 9.59 Å². The highest BCUT2D eigenvalue weighted by Crippen LogP contribution is 2.20. The van der Waals surface area contributed by atoms with Crippen LogP contribution in [0.15, 0.2) is 48.8 Å². The third-order valence-electron chi connectivity index (χ3n) is 3.00. The smallest absolute Gasteiger partial charge is 0.226 e. The van der Waals surface area contributed by atoms with E-state index < -0.39 is 6.04 Å². The number of amides is 2. The summed E-state index contributed by atoms with van der Waals surface area (Å²) in [5.74, 6) is -0.392. The summed E-state index contributed by atoms with van der Waals surface area (Å²) in [5.41, 5.74) is 1.49. The molecule has 0 aliphatic heterocycles. The van der Waals surface area contributed by atoms with Crippen LogP contribution in [0.5, 0.6) is 0 Å². The average molecular weight is 318 g/mol. The van der Waals surface area contributed by atoms with Crippen LogP contribution in [0.1, 0.15) is 24.9 Å². The zero-order valence-corrected chi connectivity index (χ0v) is 12.8. The number of rotatable bonds is 5. The van der Waals surface area contributed by atoms with E-state index in [2.05, 4.69) is 15.6 Å². The topological polar surface area (TPSA) is 71.1 Å². The van der Waals surface area contributed by atoms with Crippen molar-refractivity contribution in [2.24, 2.45) is 0 Å². The van der Waals surface area contributed by atoms with E-state index in [1.165, 1.54) is 6.92 Å². The average Bonchev–Trinajstić information content (AvgIpc) is 2.48. The summed E-state index contributed by atoms with van der Waals surface area (Å²) in [5, 5.41) is 6.15. The minimum absolute atomic E-state index is 0.129. The van der Waals surface area contributed by atoms with Crippen molar-refractivity contribution >= 4 is 29.1 Å². The van der Waals surface area contributed by atoms with Crippen molar-refractivity contribution in [1.29, 1.82) is 0 Å². The molecule has 0 radical (unpaired) electrons. The Morgan fingerprint density at radius 2 is 1.77 bits per heavy atom. The number of anilines is 1. The molecule has 1 aromatic carbocycles. The maximum absolute atomic E-state index is 12.1. The molecule has 0 aliphatic rings. The summed E-state index contributed by atoms with van der Waals surface area (Å²) in [7, 11) is 0. The Morgan fingerprint density at radius 3 is 2.36 bits per heavy atom. The van der Waals surface area contributed by atoms with E-state index in [1.54, 1.807) is 48.8 Å².